The van der Waals surface area contributed by atoms with Crippen molar-refractivity contribution in [3.8, 4) is 0 Å². The molecule has 0 aromatic heterocycles. The first-order chi connectivity index (χ1) is 18.1. The number of carbonyl (C=O) groups excluding carboxylic acids is 1. The minimum atomic E-state index is 0.0871. The summed E-state index contributed by atoms with van der Waals surface area (Å²) in [5, 5.41) is 0. The normalized spacial score (nSPS) is 18.2. The van der Waals surface area contributed by atoms with Gasteiger partial charge in [-0.05, 0) is 80.4 Å². The van der Waals surface area contributed by atoms with E-state index in [1.165, 1.54) is 60.2 Å². The van der Waals surface area contributed by atoms with Crippen LogP contribution in [-0.4, -0.2) is 48.4 Å². The lowest BCUT2D eigenvalue weighted by Gasteiger charge is -2.46. The van der Waals surface area contributed by atoms with Gasteiger partial charge in [0.25, 0.3) is 0 Å². The Morgan fingerprint density at radius 3 is 1.84 bits per heavy atom. The first-order valence-electron chi connectivity index (χ1n) is 14.2. The van der Waals surface area contributed by atoms with E-state index in [1.807, 2.05) is 0 Å². The summed E-state index contributed by atoms with van der Waals surface area (Å²) in [6.45, 7) is 9.57. The van der Waals surface area contributed by atoms with Gasteiger partial charge in [-0.15, -0.1) is 0 Å². The number of aryl methyl sites for hydroxylation is 2. The molecule has 0 radical (unpaired) electrons. The Balaban J connectivity index is 1.34. The van der Waals surface area contributed by atoms with Crippen molar-refractivity contribution in [3.63, 3.8) is 0 Å². The maximum Gasteiger partial charge on any atom is 0.223 e. The molecule has 37 heavy (non-hydrogen) atoms. The molecular formula is C34H42N2O. The van der Waals surface area contributed by atoms with Gasteiger partial charge in [0.05, 0.1) is 0 Å². The Morgan fingerprint density at radius 2 is 1.27 bits per heavy atom. The van der Waals surface area contributed by atoms with Gasteiger partial charge in [0.2, 0.25) is 5.91 Å². The van der Waals surface area contributed by atoms with E-state index in [4.69, 9.17) is 0 Å². The standard InChI is InChI=1S/C34H42N2O/c1-27-13-7-9-17-30(27)32(31-18-10-8-14-28(31)2)25-33(37)36-23-19-34(20-24-36,29-15-5-3-6-16-29)26-35-21-11-4-12-22-35/h3,5-10,13-18,32H,4,11-12,19-26H2,1-2H3. The molecule has 1 amide bonds. The lowest BCUT2D eigenvalue weighted by atomic mass is 9.72. The number of nitrogens with zero attached hydrogens (tertiary/aromatic N) is 2. The molecule has 3 nitrogen and oxygen atoms in total. The zero-order valence-corrected chi connectivity index (χ0v) is 22.7. The van der Waals surface area contributed by atoms with E-state index < -0.39 is 0 Å². The van der Waals surface area contributed by atoms with Gasteiger partial charge in [-0.3, -0.25) is 4.79 Å². The van der Waals surface area contributed by atoms with Crippen molar-refractivity contribution in [1.29, 1.82) is 0 Å². The number of rotatable bonds is 7. The van der Waals surface area contributed by atoms with Gasteiger partial charge >= 0.3 is 0 Å². The van der Waals surface area contributed by atoms with Crippen LogP contribution < -0.4 is 0 Å². The summed E-state index contributed by atoms with van der Waals surface area (Å²) in [6, 6.07) is 28.2. The molecule has 2 fully saturated rings. The fourth-order valence-electron chi connectivity index (χ4n) is 6.71. The zero-order valence-electron chi connectivity index (χ0n) is 22.7. The van der Waals surface area contributed by atoms with E-state index in [2.05, 4.69) is 103 Å². The van der Waals surface area contributed by atoms with Crippen LogP contribution in [-0.2, 0) is 10.2 Å². The molecule has 5 rings (SSSR count). The van der Waals surface area contributed by atoms with Crippen molar-refractivity contribution in [3.05, 3.63) is 107 Å². The minimum absolute atomic E-state index is 0.0871. The van der Waals surface area contributed by atoms with E-state index in [0.717, 1.165) is 32.5 Å². The third kappa shape index (κ3) is 5.83. The molecule has 0 unspecified atom stereocenters. The van der Waals surface area contributed by atoms with Crippen LogP contribution in [0.15, 0.2) is 78.9 Å². The number of benzene rings is 3. The smallest absolute Gasteiger partial charge is 0.223 e. The molecule has 2 aliphatic heterocycles. The highest BCUT2D eigenvalue weighted by Crippen LogP contribution is 2.38. The summed E-state index contributed by atoms with van der Waals surface area (Å²) in [7, 11) is 0. The van der Waals surface area contributed by atoms with Crippen molar-refractivity contribution >= 4 is 5.91 Å². The van der Waals surface area contributed by atoms with Crippen molar-refractivity contribution in [2.75, 3.05) is 32.7 Å². The molecule has 0 N–H and O–H groups in total. The lowest BCUT2D eigenvalue weighted by molar-refractivity contribution is -0.133. The van der Waals surface area contributed by atoms with Crippen molar-refractivity contribution in [1.82, 2.24) is 9.80 Å². The van der Waals surface area contributed by atoms with Gasteiger partial charge in [0.1, 0.15) is 0 Å². The molecule has 0 aliphatic carbocycles. The highest BCUT2D eigenvalue weighted by Gasteiger charge is 2.39. The highest BCUT2D eigenvalue weighted by molar-refractivity contribution is 5.78. The van der Waals surface area contributed by atoms with Crippen LogP contribution in [0.1, 0.15) is 72.3 Å². The Morgan fingerprint density at radius 1 is 0.730 bits per heavy atom. The maximum absolute atomic E-state index is 13.8. The molecular weight excluding hydrogens is 452 g/mol. The molecule has 0 atom stereocenters. The zero-order chi connectivity index (χ0) is 25.7. The highest BCUT2D eigenvalue weighted by atomic mass is 16.2. The van der Waals surface area contributed by atoms with E-state index in [9.17, 15) is 4.79 Å². The number of likely N-dealkylation sites (tertiary alicyclic amines) is 2. The fourth-order valence-corrected chi connectivity index (χ4v) is 6.71. The van der Waals surface area contributed by atoms with E-state index in [-0.39, 0.29) is 17.2 Å². The van der Waals surface area contributed by atoms with Crippen LogP contribution in [0.4, 0.5) is 0 Å². The maximum atomic E-state index is 13.8. The minimum Gasteiger partial charge on any atom is -0.343 e. The predicted molar refractivity (Wildman–Crippen MR) is 153 cm³/mol. The van der Waals surface area contributed by atoms with Crippen LogP contribution >= 0.6 is 0 Å². The molecule has 2 heterocycles. The van der Waals surface area contributed by atoms with Crippen LogP contribution in [0.5, 0.6) is 0 Å². The Hall–Kier alpha value is -2.91. The fraction of sp³-hybridized carbons (Fsp3) is 0.441. The van der Waals surface area contributed by atoms with Crippen molar-refractivity contribution in [2.24, 2.45) is 0 Å². The summed E-state index contributed by atoms with van der Waals surface area (Å²) < 4.78 is 0. The third-order valence-corrected chi connectivity index (χ3v) is 8.94. The molecule has 194 valence electrons. The first-order valence-corrected chi connectivity index (χ1v) is 14.2. The second-order valence-corrected chi connectivity index (χ2v) is 11.3. The SMILES string of the molecule is Cc1ccccc1C(CC(=O)N1CCC(CN2CCCCC2)(c2ccccc2)CC1)c1ccccc1C. The number of hydrogen-bond acceptors (Lipinski definition) is 2. The van der Waals surface area contributed by atoms with Crippen LogP contribution in [0.25, 0.3) is 0 Å². The Labute approximate surface area is 223 Å². The lowest BCUT2D eigenvalue weighted by Crippen LogP contribution is -2.51. The summed E-state index contributed by atoms with van der Waals surface area (Å²) in [6.07, 6.45) is 6.60. The second-order valence-electron chi connectivity index (χ2n) is 11.3. The van der Waals surface area contributed by atoms with Gasteiger partial charge in [0.15, 0.2) is 0 Å². The average Bonchev–Trinajstić information content (AvgIpc) is 2.94. The monoisotopic (exact) mass is 494 g/mol. The second kappa shape index (κ2) is 11.6. The number of amides is 1. The predicted octanol–water partition coefficient (Wildman–Crippen LogP) is 6.87. The molecule has 3 aromatic carbocycles. The summed E-state index contributed by atoms with van der Waals surface area (Å²) >= 11 is 0. The van der Waals surface area contributed by atoms with Crippen LogP contribution in [0.2, 0.25) is 0 Å². The van der Waals surface area contributed by atoms with Gasteiger partial charge < -0.3 is 9.80 Å². The van der Waals surface area contributed by atoms with Crippen LogP contribution in [0.3, 0.4) is 0 Å². The molecule has 3 aromatic rings. The molecule has 0 bridgehead atoms. The topological polar surface area (TPSA) is 23.6 Å². The number of piperidine rings is 2. The largest absolute Gasteiger partial charge is 0.343 e. The van der Waals surface area contributed by atoms with Gasteiger partial charge in [0, 0.05) is 37.4 Å². The molecule has 0 saturated carbocycles. The van der Waals surface area contributed by atoms with Crippen molar-refractivity contribution < 1.29 is 4.79 Å². The molecule has 2 saturated heterocycles. The number of hydrogen-bond donors (Lipinski definition) is 0. The van der Waals surface area contributed by atoms with Gasteiger partial charge in [-0.2, -0.15) is 0 Å². The summed E-state index contributed by atoms with van der Waals surface area (Å²) in [4.78, 5) is 18.7. The molecule has 0 spiro atoms. The van der Waals surface area contributed by atoms with E-state index in [0.29, 0.717) is 6.42 Å². The van der Waals surface area contributed by atoms with E-state index in [1.54, 1.807) is 0 Å². The van der Waals surface area contributed by atoms with E-state index >= 15 is 0 Å². The van der Waals surface area contributed by atoms with Crippen molar-refractivity contribution in [2.45, 2.75) is 63.7 Å². The summed E-state index contributed by atoms with van der Waals surface area (Å²) in [5.74, 6) is 0.375. The molecule has 3 heteroatoms. The Bertz CT molecular complexity index is 1130. The quantitative estimate of drug-likeness (QED) is 0.358. The Kier molecular flexibility index (Phi) is 8.10. The first kappa shape index (κ1) is 25.7. The van der Waals surface area contributed by atoms with Crippen LogP contribution in [0, 0.1) is 13.8 Å². The van der Waals surface area contributed by atoms with Gasteiger partial charge in [-0.25, -0.2) is 0 Å². The third-order valence-electron chi connectivity index (χ3n) is 8.94. The van der Waals surface area contributed by atoms with Gasteiger partial charge in [-0.1, -0.05) is 85.3 Å². The number of carbonyl (C=O) groups is 1. The molecule has 2 aliphatic rings. The average molecular weight is 495 g/mol. The summed E-state index contributed by atoms with van der Waals surface area (Å²) in [5.41, 5.74) is 6.64.